The second-order valence-corrected chi connectivity index (χ2v) is 6.74. The van der Waals surface area contributed by atoms with Gasteiger partial charge in [0.25, 0.3) is 0 Å². The van der Waals surface area contributed by atoms with E-state index in [0.717, 1.165) is 29.8 Å². The van der Waals surface area contributed by atoms with Crippen LogP contribution in [0.2, 0.25) is 0 Å². The average Bonchev–Trinajstić information content (AvgIpc) is 3.05. The topological polar surface area (TPSA) is 76.4 Å². The maximum absolute atomic E-state index is 5.39. The third kappa shape index (κ3) is 7.02. The number of hydrogen-bond acceptors (Lipinski definition) is 5. The highest BCUT2D eigenvalue weighted by Gasteiger charge is 2.08. The van der Waals surface area contributed by atoms with Crippen molar-refractivity contribution < 1.29 is 4.74 Å². The number of aryl methyl sites for hydroxylation is 1. The van der Waals surface area contributed by atoms with Gasteiger partial charge in [-0.05, 0) is 18.1 Å². The minimum Gasteiger partial charge on any atom is -0.496 e. The van der Waals surface area contributed by atoms with E-state index in [9.17, 15) is 0 Å². The smallest absolute Gasteiger partial charge is 0.191 e. The summed E-state index contributed by atoms with van der Waals surface area (Å²) in [5.74, 6) is 4.02. The van der Waals surface area contributed by atoms with Gasteiger partial charge in [-0.25, -0.2) is 4.98 Å². The molecule has 0 spiro atoms. The summed E-state index contributed by atoms with van der Waals surface area (Å²) in [4.78, 5) is 9.60. The standard InChI is InChI=1S/C17H26N6OS.HI/c1-13(11-25-15-8-6-5-7-14(15)24-4)9-19-17(18-2)20-10-16-21-12-22-23(16)3;/h5-8,12-13H,9-11H2,1-4H3,(H2,18,19,20);1H. The lowest BCUT2D eigenvalue weighted by molar-refractivity contribution is 0.405. The lowest BCUT2D eigenvalue weighted by atomic mass is 10.2. The maximum atomic E-state index is 5.39. The summed E-state index contributed by atoms with van der Waals surface area (Å²) in [5.41, 5.74) is 0. The lowest BCUT2D eigenvalue weighted by Gasteiger charge is -2.16. The van der Waals surface area contributed by atoms with Crippen molar-refractivity contribution in [1.29, 1.82) is 0 Å². The SMILES string of the molecule is CN=C(NCc1ncnn1C)NCC(C)CSc1ccccc1OC.I. The first-order valence-electron chi connectivity index (χ1n) is 8.17. The van der Waals surface area contributed by atoms with E-state index in [1.165, 1.54) is 4.90 Å². The molecule has 0 bridgehead atoms. The molecule has 1 aromatic heterocycles. The number of guanidine groups is 1. The predicted octanol–water partition coefficient (Wildman–Crippen LogP) is 2.54. The molecule has 0 radical (unpaired) electrons. The zero-order valence-electron chi connectivity index (χ0n) is 15.6. The summed E-state index contributed by atoms with van der Waals surface area (Å²) in [6.45, 7) is 3.63. The number of hydrogen-bond donors (Lipinski definition) is 2. The molecule has 0 saturated carbocycles. The number of nitrogens with zero attached hydrogens (tertiary/aromatic N) is 4. The second-order valence-electron chi connectivity index (χ2n) is 5.67. The van der Waals surface area contributed by atoms with Gasteiger partial charge in [-0.15, -0.1) is 35.7 Å². The quantitative estimate of drug-likeness (QED) is 0.257. The monoisotopic (exact) mass is 490 g/mol. The fourth-order valence-corrected chi connectivity index (χ4v) is 3.21. The molecule has 1 aromatic carbocycles. The van der Waals surface area contributed by atoms with Crippen LogP contribution in [-0.4, -0.2) is 47.2 Å². The summed E-state index contributed by atoms with van der Waals surface area (Å²) >= 11 is 1.81. The summed E-state index contributed by atoms with van der Waals surface area (Å²) in [6.07, 6.45) is 1.55. The molecule has 0 amide bonds. The lowest BCUT2D eigenvalue weighted by Crippen LogP contribution is -2.39. The number of aromatic nitrogens is 3. The van der Waals surface area contributed by atoms with Gasteiger partial charge < -0.3 is 15.4 Å². The van der Waals surface area contributed by atoms with Crippen LogP contribution in [0, 0.1) is 5.92 Å². The Morgan fingerprint density at radius 2 is 2.12 bits per heavy atom. The zero-order valence-corrected chi connectivity index (χ0v) is 18.7. The fraction of sp³-hybridized carbons (Fsp3) is 0.471. The van der Waals surface area contributed by atoms with Crippen molar-refractivity contribution in [1.82, 2.24) is 25.4 Å². The van der Waals surface area contributed by atoms with E-state index in [1.807, 2.05) is 25.2 Å². The maximum Gasteiger partial charge on any atom is 0.191 e. The van der Waals surface area contributed by atoms with Crippen LogP contribution in [0.3, 0.4) is 0 Å². The Hall–Kier alpha value is -1.49. The van der Waals surface area contributed by atoms with E-state index in [-0.39, 0.29) is 24.0 Å². The molecular weight excluding hydrogens is 463 g/mol. The Bertz CT molecular complexity index is 693. The molecule has 1 unspecified atom stereocenters. The minimum absolute atomic E-state index is 0. The third-order valence-electron chi connectivity index (χ3n) is 3.65. The number of benzene rings is 1. The first-order valence-corrected chi connectivity index (χ1v) is 9.15. The molecule has 2 aromatic rings. The highest BCUT2D eigenvalue weighted by Crippen LogP contribution is 2.29. The number of ether oxygens (including phenoxy) is 1. The van der Waals surface area contributed by atoms with Gasteiger partial charge in [0.05, 0.1) is 13.7 Å². The van der Waals surface area contributed by atoms with Gasteiger partial charge in [0.15, 0.2) is 5.96 Å². The molecule has 0 saturated heterocycles. The van der Waals surface area contributed by atoms with E-state index in [4.69, 9.17) is 4.74 Å². The summed E-state index contributed by atoms with van der Waals surface area (Å²) < 4.78 is 7.13. The van der Waals surface area contributed by atoms with Crippen LogP contribution in [0.5, 0.6) is 5.75 Å². The molecule has 0 aliphatic rings. The van der Waals surface area contributed by atoms with Crippen LogP contribution >= 0.6 is 35.7 Å². The Labute approximate surface area is 176 Å². The van der Waals surface area contributed by atoms with Gasteiger partial charge in [0, 0.05) is 31.3 Å². The van der Waals surface area contributed by atoms with Crippen molar-refractivity contribution in [2.24, 2.45) is 18.0 Å². The second kappa shape index (κ2) is 12.0. The Morgan fingerprint density at radius 3 is 2.77 bits per heavy atom. The highest BCUT2D eigenvalue weighted by atomic mass is 127. The molecule has 0 aliphatic carbocycles. The van der Waals surface area contributed by atoms with Crippen LogP contribution < -0.4 is 15.4 Å². The van der Waals surface area contributed by atoms with Crippen LogP contribution in [-0.2, 0) is 13.6 Å². The van der Waals surface area contributed by atoms with Crippen molar-refractivity contribution in [3.8, 4) is 5.75 Å². The number of nitrogens with one attached hydrogen (secondary N) is 2. The molecule has 2 N–H and O–H groups in total. The average molecular weight is 490 g/mol. The van der Waals surface area contributed by atoms with Gasteiger partial charge in [0.1, 0.15) is 17.9 Å². The molecule has 9 heteroatoms. The Morgan fingerprint density at radius 1 is 1.35 bits per heavy atom. The van der Waals surface area contributed by atoms with Crippen LogP contribution in [0.4, 0.5) is 0 Å². The number of para-hydroxylation sites is 1. The van der Waals surface area contributed by atoms with Crippen LogP contribution in [0.15, 0.2) is 40.5 Å². The van der Waals surface area contributed by atoms with E-state index in [2.05, 4.69) is 38.7 Å². The van der Waals surface area contributed by atoms with E-state index in [1.54, 1.807) is 36.9 Å². The summed E-state index contributed by atoms with van der Waals surface area (Å²) in [5, 5.41) is 10.7. The molecule has 0 fully saturated rings. The summed E-state index contributed by atoms with van der Waals surface area (Å²) in [6, 6.07) is 8.10. The van der Waals surface area contributed by atoms with Crippen molar-refractivity contribution >= 4 is 41.7 Å². The molecule has 26 heavy (non-hydrogen) atoms. The number of rotatable bonds is 8. The Kier molecular flexibility index (Phi) is 10.4. The predicted molar refractivity (Wildman–Crippen MR) is 118 cm³/mol. The van der Waals surface area contributed by atoms with Gasteiger partial charge in [-0.3, -0.25) is 9.67 Å². The van der Waals surface area contributed by atoms with Gasteiger partial charge >= 0.3 is 0 Å². The van der Waals surface area contributed by atoms with Crippen molar-refractivity contribution in [2.45, 2.75) is 18.4 Å². The van der Waals surface area contributed by atoms with Crippen LogP contribution in [0.1, 0.15) is 12.7 Å². The molecule has 7 nitrogen and oxygen atoms in total. The van der Waals surface area contributed by atoms with Gasteiger partial charge in [0.2, 0.25) is 0 Å². The molecule has 2 rings (SSSR count). The van der Waals surface area contributed by atoms with Crippen LogP contribution in [0.25, 0.3) is 0 Å². The van der Waals surface area contributed by atoms with E-state index < -0.39 is 0 Å². The number of thioether (sulfide) groups is 1. The van der Waals surface area contributed by atoms with Crippen molar-refractivity contribution in [3.63, 3.8) is 0 Å². The van der Waals surface area contributed by atoms with E-state index in [0.29, 0.717) is 12.5 Å². The largest absolute Gasteiger partial charge is 0.496 e. The Balaban J connectivity index is 0.00000338. The van der Waals surface area contributed by atoms with Gasteiger partial charge in [-0.1, -0.05) is 19.1 Å². The first kappa shape index (κ1) is 22.6. The third-order valence-corrected chi connectivity index (χ3v) is 5.04. The highest BCUT2D eigenvalue weighted by molar-refractivity contribution is 14.0. The molecule has 1 atom stereocenters. The number of methoxy groups -OCH3 is 1. The molecular formula is C17H27IN6OS. The van der Waals surface area contributed by atoms with E-state index >= 15 is 0 Å². The molecule has 144 valence electrons. The fourth-order valence-electron chi connectivity index (χ4n) is 2.16. The first-order chi connectivity index (χ1) is 12.1. The molecule has 1 heterocycles. The van der Waals surface area contributed by atoms with Crippen molar-refractivity contribution in [2.75, 3.05) is 26.5 Å². The molecule has 0 aliphatic heterocycles. The summed E-state index contributed by atoms with van der Waals surface area (Å²) in [7, 11) is 5.34. The minimum atomic E-state index is 0. The van der Waals surface area contributed by atoms with Gasteiger partial charge in [-0.2, -0.15) is 5.10 Å². The number of aliphatic imine (C=N–C) groups is 1. The zero-order chi connectivity index (χ0) is 18.1. The normalized spacial score (nSPS) is 12.2. The van der Waals surface area contributed by atoms with Crippen molar-refractivity contribution in [3.05, 3.63) is 36.4 Å². The number of halogens is 1.